The topological polar surface area (TPSA) is 41.3 Å². The molecule has 0 saturated carbocycles. The quantitative estimate of drug-likeness (QED) is 0.393. The summed E-state index contributed by atoms with van der Waals surface area (Å²) in [5.74, 6) is 0. The molecule has 0 radical (unpaired) electrons. The Hall–Kier alpha value is -2.99. The molecule has 0 unspecified atom stereocenters. The zero-order chi connectivity index (χ0) is 21.8. The standard InChI is InChI=1S/C25H26F3N3/c26-25(27,28)21-11-6-18(7-12-21)17-30-14-3-15-31-23-5-2-1-4-19(23)8-9-20-10-13-22(29)16-24(20)31/h1-2,4-7,10-13,16,30H,3,8-9,14-15,17,29H2. The lowest BCUT2D eigenvalue weighted by atomic mass is 10.0. The molecular weight excluding hydrogens is 399 g/mol. The van der Waals surface area contributed by atoms with E-state index in [0.29, 0.717) is 6.54 Å². The largest absolute Gasteiger partial charge is 0.416 e. The van der Waals surface area contributed by atoms with Crippen LogP contribution in [-0.4, -0.2) is 13.1 Å². The second-order valence-corrected chi connectivity index (χ2v) is 7.89. The second kappa shape index (κ2) is 9.02. The third-order valence-electron chi connectivity index (χ3n) is 5.69. The fourth-order valence-corrected chi connectivity index (χ4v) is 4.08. The van der Waals surface area contributed by atoms with Gasteiger partial charge in [-0.05, 0) is 72.8 Å². The molecule has 4 rings (SSSR count). The van der Waals surface area contributed by atoms with Crippen LogP contribution in [0.1, 0.15) is 28.7 Å². The van der Waals surface area contributed by atoms with Gasteiger partial charge < -0.3 is 16.0 Å². The highest BCUT2D eigenvalue weighted by atomic mass is 19.4. The summed E-state index contributed by atoms with van der Waals surface area (Å²) in [6.07, 6.45) is -1.43. The predicted molar refractivity (Wildman–Crippen MR) is 119 cm³/mol. The van der Waals surface area contributed by atoms with Gasteiger partial charge in [0.05, 0.1) is 5.56 Å². The average molecular weight is 425 g/mol. The van der Waals surface area contributed by atoms with E-state index in [-0.39, 0.29) is 0 Å². The first-order valence-corrected chi connectivity index (χ1v) is 10.5. The van der Waals surface area contributed by atoms with Crippen LogP contribution in [0.15, 0.2) is 66.7 Å². The molecule has 3 N–H and O–H groups in total. The highest BCUT2D eigenvalue weighted by Gasteiger charge is 2.29. The molecule has 6 heteroatoms. The van der Waals surface area contributed by atoms with Gasteiger partial charge in [-0.3, -0.25) is 0 Å². The summed E-state index contributed by atoms with van der Waals surface area (Å²) in [5, 5.41) is 3.34. The molecule has 3 aromatic carbocycles. The molecule has 0 saturated heterocycles. The van der Waals surface area contributed by atoms with Crippen LogP contribution in [-0.2, 0) is 25.6 Å². The Labute approximate surface area is 180 Å². The summed E-state index contributed by atoms with van der Waals surface area (Å²) < 4.78 is 38.1. The number of halogens is 3. The van der Waals surface area contributed by atoms with Crippen LogP contribution in [0.3, 0.4) is 0 Å². The van der Waals surface area contributed by atoms with Crippen molar-refractivity contribution < 1.29 is 13.2 Å². The van der Waals surface area contributed by atoms with Gasteiger partial charge in [0, 0.05) is 30.2 Å². The average Bonchev–Trinajstić information content (AvgIpc) is 2.90. The molecule has 3 aromatic rings. The second-order valence-electron chi connectivity index (χ2n) is 7.89. The maximum absolute atomic E-state index is 12.7. The molecule has 0 aromatic heterocycles. The van der Waals surface area contributed by atoms with E-state index >= 15 is 0 Å². The summed E-state index contributed by atoms with van der Waals surface area (Å²) >= 11 is 0. The molecule has 31 heavy (non-hydrogen) atoms. The van der Waals surface area contributed by atoms with Crippen LogP contribution < -0.4 is 16.0 Å². The normalized spacial score (nSPS) is 13.5. The first-order valence-electron chi connectivity index (χ1n) is 10.5. The number of hydrogen-bond donors (Lipinski definition) is 2. The van der Waals surface area contributed by atoms with Crippen LogP contribution in [0.25, 0.3) is 0 Å². The predicted octanol–water partition coefficient (Wildman–Crippen LogP) is 5.70. The van der Waals surface area contributed by atoms with Crippen molar-refractivity contribution in [3.8, 4) is 0 Å². The van der Waals surface area contributed by atoms with Crippen molar-refractivity contribution in [3.05, 3.63) is 89.0 Å². The first-order chi connectivity index (χ1) is 14.9. The summed E-state index contributed by atoms with van der Waals surface area (Å²) in [6.45, 7) is 2.13. The van der Waals surface area contributed by atoms with Crippen molar-refractivity contribution in [2.45, 2.75) is 32.0 Å². The summed E-state index contributed by atoms with van der Waals surface area (Å²) in [7, 11) is 0. The number of hydrogen-bond acceptors (Lipinski definition) is 3. The number of nitrogens with two attached hydrogens (primary N) is 1. The van der Waals surface area contributed by atoms with Gasteiger partial charge in [0.25, 0.3) is 0 Å². The lowest BCUT2D eigenvalue weighted by Crippen LogP contribution is -2.24. The molecule has 0 atom stereocenters. The van der Waals surface area contributed by atoms with Crippen molar-refractivity contribution in [1.29, 1.82) is 0 Å². The van der Waals surface area contributed by atoms with E-state index in [9.17, 15) is 13.2 Å². The van der Waals surface area contributed by atoms with Crippen LogP contribution in [0.5, 0.6) is 0 Å². The Morgan fingerprint density at radius 2 is 1.58 bits per heavy atom. The van der Waals surface area contributed by atoms with Crippen molar-refractivity contribution in [1.82, 2.24) is 5.32 Å². The molecule has 162 valence electrons. The Morgan fingerprint density at radius 1 is 0.871 bits per heavy atom. The third-order valence-corrected chi connectivity index (χ3v) is 5.69. The Kier molecular flexibility index (Phi) is 6.18. The highest BCUT2D eigenvalue weighted by Crippen LogP contribution is 2.37. The minimum atomic E-state index is -4.30. The van der Waals surface area contributed by atoms with Crippen LogP contribution in [0.2, 0.25) is 0 Å². The number of para-hydroxylation sites is 1. The van der Waals surface area contributed by atoms with Gasteiger partial charge in [-0.15, -0.1) is 0 Å². The molecule has 0 aliphatic carbocycles. The molecular formula is C25H26F3N3. The first kappa shape index (κ1) is 21.2. The number of nitrogens with one attached hydrogen (secondary N) is 1. The van der Waals surface area contributed by atoms with Gasteiger partial charge in [-0.1, -0.05) is 36.4 Å². The van der Waals surface area contributed by atoms with Crippen LogP contribution in [0.4, 0.5) is 30.2 Å². The Balaban J connectivity index is 1.39. The van der Waals surface area contributed by atoms with Gasteiger partial charge in [0.1, 0.15) is 0 Å². The van der Waals surface area contributed by atoms with Crippen molar-refractivity contribution >= 4 is 17.1 Å². The minimum absolute atomic E-state index is 0.540. The molecule has 1 heterocycles. The Morgan fingerprint density at radius 3 is 2.32 bits per heavy atom. The number of aryl methyl sites for hydroxylation is 2. The molecule has 0 fully saturated rings. The van der Waals surface area contributed by atoms with Crippen molar-refractivity contribution in [2.75, 3.05) is 23.7 Å². The summed E-state index contributed by atoms with van der Waals surface area (Å²) in [4.78, 5) is 2.34. The van der Waals surface area contributed by atoms with Gasteiger partial charge >= 0.3 is 6.18 Å². The highest BCUT2D eigenvalue weighted by molar-refractivity contribution is 5.73. The van der Waals surface area contributed by atoms with E-state index in [1.807, 2.05) is 12.1 Å². The summed E-state index contributed by atoms with van der Waals surface area (Å²) in [6, 6.07) is 19.9. The number of rotatable bonds is 6. The third kappa shape index (κ3) is 5.02. The maximum Gasteiger partial charge on any atom is 0.416 e. The van der Waals surface area contributed by atoms with Gasteiger partial charge in [0.15, 0.2) is 0 Å². The number of alkyl halides is 3. The molecule has 0 amide bonds. The van der Waals surface area contributed by atoms with Gasteiger partial charge in [-0.25, -0.2) is 0 Å². The smallest absolute Gasteiger partial charge is 0.399 e. The van der Waals surface area contributed by atoms with E-state index in [4.69, 9.17) is 5.73 Å². The summed E-state index contributed by atoms with van der Waals surface area (Å²) in [5.41, 5.74) is 12.1. The number of anilines is 3. The zero-order valence-electron chi connectivity index (χ0n) is 17.3. The number of nitrogens with zero attached hydrogens (tertiary/aromatic N) is 1. The van der Waals surface area contributed by atoms with Gasteiger partial charge in [0.2, 0.25) is 0 Å². The van der Waals surface area contributed by atoms with E-state index in [1.54, 1.807) is 0 Å². The van der Waals surface area contributed by atoms with Crippen LogP contribution >= 0.6 is 0 Å². The maximum atomic E-state index is 12.7. The molecule has 1 aliphatic rings. The Bertz CT molecular complexity index is 1030. The number of fused-ring (bicyclic) bond motifs is 2. The monoisotopic (exact) mass is 425 g/mol. The van der Waals surface area contributed by atoms with E-state index in [0.717, 1.165) is 61.4 Å². The molecule has 0 bridgehead atoms. The van der Waals surface area contributed by atoms with Gasteiger partial charge in [-0.2, -0.15) is 13.2 Å². The van der Waals surface area contributed by atoms with E-state index in [2.05, 4.69) is 40.5 Å². The molecule has 1 aliphatic heterocycles. The van der Waals surface area contributed by atoms with E-state index in [1.165, 1.54) is 28.9 Å². The SMILES string of the molecule is Nc1ccc2c(c1)N(CCCNCc1ccc(C(F)(F)F)cc1)c1ccccc1CC2. The number of nitrogen functional groups attached to an aromatic ring is 1. The molecule has 0 spiro atoms. The van der Waals surface area contributed by atoms with Crippen LogP contribution in [0, 0.1) is 0 Å². The van der Waals surface area contributed by atoms with Crippen molar-refractivity contribution in [2.24, 2.45) is 0 Å². The lowest BCUT2D eigenvalue weighted by molar-refractivity contribution is -0.137. The molecule has 3 nitrogen and oxygen atoms in total. The van der Waals surface area contributed by atoms with Crippen molar-refractivity contribution in [3.63, 3.8) is 0 Å². The lowest BCUT2D eigenvalue weighted by Gasteiger charge is -2.27. The zero-order valence-corrected chi connectivity index (χ0v) is 17.3. The fraction of sp³-hybridized carbons (Fsp3) is 0.280. The fourth-order valence-electron chi connectivity index (χ4n) is 4.08. The van der Waals surface area contributed by atoms with E-state index < -0.39 is 11.7 Å². The number of benzene rings is 3. The minimum Gasteiger partial charge on any atom is -0.399 e.